The largest absolute Gasteiger partial charge is 0.416 e. The highest BCUT2D eigenvalue weighted by atomic mass is 19.4. The highest BCUT2D eigenvalue weighted by Crippen LogP contribution is 2.31. The summed E-state index contributed by atoms with van der Waals surface area (Å²) in [6.07, 6.45) is -4.48. The number of hydrogen-bond acceptors (Lipinski definition) is 2. The Kier molecular flexibility index (Phi) is 3.72. The molecule has 6 heteroatoms. The van der Waals surface area contributed by atoms with Gasteiger partial charge in [0.25, 0.3) is 0 Å². The molecule has 0 unspecified atom stereocenters. The maximum atomic E-state index is 13.4. The molecule has 0 atom stereocenters. The van der Waals surface area contributed by atoms with Crippen LogP contribution in [0.3, 0.4) is 0 Å². The fourth-order valence-corrected chi connectivity index (χ4v) is 1.97. The summed E-state index contributed by atoms with van der Waals surface area (Å²) in [6, 6.07) is 6.52. The van der Waals surface area contributed by atoms with Crippen molar-refractivity contribution in [3.05, 3.63) is 64.5 Å². The van der Waals surface area contributed by atoms with Crippen LogP contribution in [0.5, 0.6) is 0 Å². The molecule has 0 spiro atoms. The van der Waals surface area contributed by atoms with Crippen LogP contribution in [-0.2, 0) is 6.18 Å². The Morgan fingerprint density at radius 3 is 2.33 bits per heavy atom. The summed E-state index contributed by atoms with van der Waals surface area (Å²) in [5, 5.41) is 0. The molecule has 2 nitrogen and oxygen atoms in total. The van der Waals surface area contributed by atoms with Gasteiger partial charge in [-0.2, -0.15) is 13.2 Å². The van der Waals surface area contributed by atoms with Gasteiger partial charge in [-0.3, -0.25) is 4.79 Å². The van der Waals surface area contributed by atoms with Crippen molar-refractivity contribution in [2.75, 3.05) is 5.73 Å². The summed E-state index contributed by atoms with van der Waals surface area (Å²) in [6.45, 7) is 1.39. The molecule has 2 N–H and O–H groups in total. The topological polar surface area (TPSA) is 43.1 Å². The number of ketones is 1. The van der Waals surface area contributed by atoms with E-state index in [4.69, 9.17) is 5.73 Å². The number of anilines is 1. The van der Waals surface area contributed by atoms with Gasteiger partial charge in [-0.25, -0.2) is 4.39 Å². The summed E-state index contributed by atoms with van der Waals surface area (Å²) < 4.78 is 51.1. The fourth-order valence-electron chi connectivity index (χ4n) is 1.97. The summed E-state index contributed by atoms with van der Waals surface area (Å²) >= 11 is 0. The molecule has 0 bridgehead atoms. The van der Waals surface area contributed by atoms with Crippen molar-refractivity contribution < 1.29 is 22.4 Å². The average Bonchev–Trinajstić information content (AvgIpc) is 2.40. The van der Waals surface area contributed by atoms with Gasteiger partial charge in [0, 0.05) is 11.1 Å². The highest BCUT2D eigenvalue weighted by molar-refractivity contribution is 6.12. The lowest BCUT2D eigenvalue weighted by atomic mass is 9.96. The van der Waals surface area contributed by atoms with E-state index in [0.29, 0.717) is 0 Å². The molecule has 0 aliphatic heterocycles. The third-order valence-electron chi connectivity index (χ3n) is 3.10. The van der Waals surface area contributed by atoms with Gasteiger partial charge < -0.3 is 5.73 Å². The predicted octanol–water partition coefficient (Wildman–Crippen LogP) is 3.97. The number of nitrogens with two attached hydrogens (primary N) is 1. The number of rotatable bonds is 2. The van der Waals surface area contributed by atoms with Crippen LogP contribution in [0.1, 0.15) is 27.0 Å². The zero-order valence-corrected chi connectivity index (χ0v) is 11.0. The average molecular weight is 297 g/mol. The second-order valence-corrected chi connectivity index (χ2v) is 4.56. The molecule has 0 saturated carbocycles. The molecular weight excluding hydrogens is 286 g/mol. The van der Waals surface area contributed by atoms with E-state index in [9.17, 15) is 22.4 Å². The summed E-state index contributed by atoms with van der Waals surface area (Å²) in [5.74, 6) is -1.36. The third kappa shape index (κ3) is 2.89. The van der Waals surface area contributed by atoms with Gasteiger partial charge in [-0.1, -0.05) is 12.1 Å². The van der Waals surface area contributed by atoms with Crippen LogP contribution < -0.4 is 5.73 Å². The summed E-state index contributed by atoms with van der Waals surface area (Å²) in [5.41, 5.74) is 4.47. The van der Waals surface area contributed by atoms with Crippen LogP contribution in [0, 0.1) is 12.7 Å². The molecule has 0 radical (unpaired) electrons. The molecule has 0 aliphatic rings. The first-order valence-electron chi connectivity index (χ1n) is 5.98. The van der Waals surface area contributed by atoms with E-state index in [1.54, 1.807) is 0 Å². The Balaban J connectivity index is 2.48. The molecule has 0 aromatic heterocycles. The van der Waals surface area contributed by atoms with Crippen molar-refractivity contribution in [1.29, 1.82) is 0 Å². The lowest BCUT2D eigenvalue weighted by Crippen LogP contribution is -2.11. The Hall–Kier alpha value is -2.37. The second-order valence-electron chi connectivity index (χ2n) is 4.56. The summed E-state index contributed by atoms with van der Waals surface area (Å²) in [7, 11) is 0. The fraction of sp³-hybridized carbons (Fsp3) is 0.133. The van der Waals surface area contributed by atoms with Gasteiger partial charge in [0.2, 0.25) is 0 Å². The highest BCUT2D eigenvalue weighted by Gasteiger charge is 2.31. The van der Waals surface area contributed by atoms with E-state index in [0.717, 1.165) is 24.3 Å². The van der Waals surface area contributed by atoms with Crippen LogP contribution in [0.15, 0.2) is 36.4 Å². The Bertz CT molecular complexity index is 707. The van der Waals surface area contributed by atoms with E-state index in [1.807, 2.05) is 0 Å². The van der Waals surface area contributed by atoms with Gasteiger partial charge in [0.15, 0.2) is 5.78 Å². The third-order valence-corrected chi connectivity index (χ3v) is 3.10. The molecule has 2 aromatic rings. The van der Waals surface area contributed by atoms with Gasteiger partial charge >= 0.3 is 6.18 Å². The minimum atomic E-state index is -4.48. The molecule has 0 amide bonds. The Labute approximate surface area is 118 Å². The first-order valence-corrected chi connectivity index (χ1v) is 5.98. The number of benzene rings is 2. The normalized spacial score (nSPS) is 11.5. The molecule has 2 rings (SSSR count). The van der Waals surface area contributed by atoms with Gasteiger partial charge in [-0.05, 0) is 36.8 Å². The molecule has 110 valence electrons. The number of hydrogen-bond donors (Lipinski definition) is 1. The van der Waals surface area contributed by atoms with Crippen LogP contribution in [-0.4, -0.2) is 5.78 Å². The van der Waals surface area contributed by atoms with E-state index in [-0.39, 0.29) is 22.4 Å². The first kappa shape index (κ1) is 15.0. The number of carbonyl (C=O) groups is 1. The minimum Gasteiger partial charge on any atom is -0.396 e. The van der Waals surface area contributed by atoms with Crippen molar-refractivity contribution in [3.8, 4) is 0 Å². The zero-order valence-electron chi connectivity index (χ0n) is 11.0. The standard InChI is InChI=1S/C15H11F4NO/c1-8-7-9(15(17,18)19)5-6-10(8)14(21)11-3-2-4-12(16)13(11)20/h2-7H,20H2,1H3. The molecule has 21 heavy (non-hydrogen) atoms. The number of halogens is 4. The number of alkyl halides is 3. The molecule has 0 fully saturated rings. The van der Waals surface area contributed by atoms with Crippen LogP contribution in [0.4, 0.5) is 23.2 Å². The van der Waals surface area contributed by atoms with Gasteiger partial charge in [0.1, 0.15) is 5.82 Å². The number of para-hydroxylation sites is 1. The maximum Gasteiger partial charge on any atom is 0.416 e. The van der Waals surface area contributed by atoms with E-state index in [1.165, 1.54) is 19.1 Å². The number of aryl methyl sites for hydroxylation is 1. The smallest absolute Gasteiger partial charge is 0.396 e. The van der Waals surface area contributed by atoms with Gasteiger partial charge in [0.05, 0.1) is 11.3 Å². The maximum absolute atomic E-state index is 13.4. The molecule has 0 heterocycles. The monoisotopic (exact) mass is 297 g/mol. The minimum absolute atomic E-state index is 0.0558. The van der Waals surface area contributed by atoms with Crippen molar-refractivity contribution in [2.24, 2.45) is 0 Å². The van der Waals surface area contributed by atoms with E-state index in [2.05, 4.69) is 0 Å². The number of carbonyl (C=O) groups excluding carboxylic acids is 1. The molecule has 2 aromatic carbocycles. The van der Waals surface area contributed by atoms with Crippen molar-refractivity contribution in [1.82, 2.24) is 0 Å². The van der Waals surface area contributed by atoms with Crippen LogP contribution >= 0.6 is 0 Å². The summed E-state index contributed by atoms with van der Waals surface area (Å²) in [4.78, 5) is 12.3. The number of nitrogen functional groups attached to an aromatic ring is 1. The second kappa shape index (κ2) is 5.20. The Morgan fingerprint density at radius 2 is 1.76 bits per heavy atom. The lowest BCUT2D eigenvalue weighted by molar-refractivity contribution is -0.137. The van der Waals surface area contributed by atoms with Crippen molar-refractivity contribution in [3.63, 3.8) is 0 Å². The lowest BCUT2D eigenvalue weighted by Gasteiger charge is -2.11. The van der Waals surface area contributed by atoms with E-state index >= 15 is 0 Å². The zero-order chi connectivity index (χ0) is 15.8. The molecule has 0 aliphatic carbocycles. The first-order chi connectivity index (χ1) is 9.71. The predicted molar refractivity (Wildman–Crippen MR) is 70.4 cm³/mol. The van der Waals surface area contributed by atoms with Crippen LogP contribution in [0.2, 0.25) is 0 Å². The van der Waals surface area contributed by atoms with Gasteiger partial charge in [-0.15, -0.1) is 0 Å². The Morgan fingerprint density at radius 1 is 1.10 bits per heavy atom. The molecular formula is C15H11F4NO. The van der Waals surface area contributed by atoms with Crippen molar-refractivity contribution >= 4 is 11.5 Å². The SMILES string of the molecule is Cc1cc(C(F)(F)F)ccc1C(=O)c1cccc(F)c1N. The van der Waals surface area contributed by atoms with Crippen molar-refractivity contribution in [2.45, 2.75) is 13.1 Å². The van der Waals surface area contributed by atoms with Crippen LogP contribution in [0.25, 0.3) is 0 Å². The quantitative estimate of drug-likeness (QED) is 0.518. The van der Waals surface area contributed by atoms with E-state index < -0.39 is 23.3 Å². The molecule has 0 saturated heterocycles.